The largest absolute Gasteiger partial charge is 0.502 e. The Morgan fingerprint density at radius 3 is 2.57 bits per heavy atom. The molecule has 1 fully saturated rings. The van der Waals surface area contributed by atoms with E-state index >= 15 is 0 Å². The molecule has 28 heavy (non-hydrogen) atoms. The molecule has 3 rings (SSSR count). The molecule has 1 aromatic carbocycles. The second-order valence-corrected chi connectivity index (χ2v) is 7.08. The van der Waals surface area contributed by atoms with E-state index in [2.05, 4.69) is 26.5 Å². The number of nitrogens with zero attached hydrogens (tertiary/aromatic N) is 4. The van der Waals surface area contributed by atoms with Gasteiger partial charge in [-0.25, -0.2) is 0 Å². The van der Waals surface area contributed by atoms with Crippen LogP contribution in [-0.2, 0) is 20.0 Å². The number of rotatable bonds is 6. The first-order valence-electron chi connectivity index (χ1n) is 9.41. The molecule has 0 aliphatic carbocycles. The molecule has 1 aliphatic heterocycles. The number of ether oxygens (including phenoxy) is 2. The number of hydrogen-bond donors (Lipinski definition) is 2. The lowest BCUT2D eigenvalue weighted by molar-refractivity contribution is 0.339. The van der Waals surface area contributed by atoms with Crippen molar-refractivity contribution in [1.29, 1.82) is 0 Å². The first-order valence-corrected chi connectivity index (χ1v) is 9.41. The predicted octanol–water partition coefficient (Wildman–Crippen LogP) is 1.78. The van der Waals surface area contributed by atoms with Gasteiger partial charge in [-0.3, -0.25) is 9.67 Å². The maximum atomic E-state index is 10.1. The van der Waals surface area contributed by atoms with Crippen LogP contribution in [0, 0.1) is 5.92 Å². The summed E-state index contributed by atoms with van der Waals surface area (Å²) in [6.45, 7) is 2.51. The highest BCUT2D eigenvalue weighted by atomic mass is 16.5. The molecule has 1 aliphatic rings. The topological polar surface area (TPSA) is 84.1 Å². The van der Waals surface area contributed by atoms with Crippen molar-refractivity contribution in [3.63, 3.8) is 0 Å². The van der Waals surface area contributed by atoms with E-state index in [1.165, 1.54) is 19.8 Å². The van der Waals surface area contributed by atoms with E-state index in [4.69, 9.17) is 9.47 Å². The van der Waals surface area contributed by atoms with E-state index in [0.717, 1.165) is 37.5 Å². The van der Waals surface area contributed by atoms with Gasteiger partial charge in [0, 0.05) is 39.9 Å². The molecule has 8 heteroatoms. The summed E-state index contributed by atoms with van der Waals surface area (Å²) < 4.78 is 12.3. The second kappa shape index (κ2) is 8.86. The van der Waals surface area contributed by atoms with Gasteiger partial charge in [-0.05, 0) is 42.0 Å². The first kappa shape index (κ1) is 19.9. The number of aromatic hydroxyl groups is 1. The molecule has 2 aromatic rings. The van der Waals surface area contributed by atoms with Gasteiger partial charge >= 0.3 is 0 Å². The summed E-state index contributed by atoms with van der Waals surface area (Å²) in [6.07, 6.45) is 6.20. The van der Waals surface area contributed by atoms with Crippen LogP contribution >= 0.6 is 0 Å². The third kappa shape index (κ3) is 4.49. The van der Waals surface area contributed by atoms with Gasteiger partial charge in [-0.15, -0.1) is 0 Å². The van der Waals surface area contributed by atoms with Crippen LogP contribution in [0.2, 0.25) is 0 Å². The Balaban J connectivity index is 1.59. The zero-order valence-electron chi connectivity index (χ0n) is 17.0. The molecule has 152 valence electrons. The van der Waals surface area contributed by atoms with Crippen LogP contribution in [-0.4, -0.2) is 60.1 Å². The van der Waals surface area contributed by atoms with Gasteiger partial charge in [0.05, 0.1) is 20.4 Å². The molecule has 0 amide bonds. The average molecular weight is 387 g/mol. The van der Waals surface area contributed by atoms with E-state index in [1.807, 2.05) is 17.9 Å². The van der Waals surface area contributed by atoms with E-state index in [1.54, 1.807) is 19.2 Å². The van der Waals surface area contributed by atoms with Crippen molar-refractivity contribution in [1.82, 2.24) is 20.0 Å². The number of phenols is 1. The molecule has 8 nitrogen and oxygen atoms in total. The summed E-state index contributed by atoms with van der Waals surface area (Å²) in [4.78, 5) is 6.72. The van der Waals surface area contributed by atoms with Gasteiger partial charge in [0.25, 0.3) is 0 Å². The standard InChI is InChI=1S/C20H29N5O3/c1-21-20(22-10-15-8-17(27-3)19(26)18(9-15)28-4)25-6-5-14(13-25)7-16-11-23-24(2)12-16/h8-9,11-12,14,26H,5-7,10,13H2,1-4H3,(H,21,22). The van der Waals surface area contributed by atoms with Crippen molar-refractivity contribution in [2.24, 2.45) is 18.0 Å². The van der Waals surface area contributed by atoms with Gasteiger partial charge in [-0.1, -0.05) is 0 Å². The Bertz CT molecular complexity index is 808. The summed E-state index contributed by atoms with van der Waals surface area (Å²) in [5, 5.41) is 17.7. The maximum Gasteiger partial charge on any atom is 0.200 e. The molecule has 0 bridgehead atoms. The maximum absolute atomic E-state index is 10.1. The number of methoxy groups -OCH3 is 2. The van der Waals surface area contributed by atoms with Crippen LogP contribution in [0.5, 0.6) is 17.2 Å². The summed E-state index contributed by atoms with van der Waals surface area (Å²) in [5.74, 6) is 2.26. The Kier molecular flexibility index (Phi) is 6.28. The van der Waals surface area contributed by atoms with Gasteiger partial charge in [-0.2, -0.15) is 5.10 Å². The van der Waals surface area contributed by atoms with E-state index in [-0.39, 0.29) is 5.75 Å². The lowest BCUT2D eigenvalue weighted by Gasteiger charge is -2.22. The fourth-order valence-corrected chi connectivity index (χ4v) is 3.67. The number of aryl methyl sites for hydroxylation is 1. The number of phenolic OH excluding ortho intramolecular Hbond substituents is 1. The molecule has 0 radical (unpaired) electrons. The summed E-state index contributed by atoms with van der Waals surface area (Å²) >= 11 is 0. The molecule has 2 N–H and O–H groups in total. The van der Waals surface area contributed by atoms with Crippen LogP contribution in [0.1, 0.15) is 17.5 Å². The molecule has 2 heterocycles. The molecule has 1 saturated heterocycles. The normalized spacial score (nSPS) is 17.1. The highest BCUT2D eigenvalue weighted by Crippen LogP contribution is 2.37. The van der Waals surface area contributed by atoms with Crippen molar-refractivity contribution in [2.45, 2.75) is 19.4 Å². The molecular formula is C20H29N5O3. The van der Waals surface area contributed by atoms with Crippen LogP contribution in [0.15, 0.2) is 29.5 Å². The van der Waals surface area contributed by atoms with Gasteiger partial charge in [0.2, 0.25) is 5.75 Å². The van der Waals surface area contributed by atoms with Crippen molar-refractivity contribution in [2.75, 3.05) is 34.4 Å². The molecule has 1 atom stereocenters. The highest BCUT2D eigenvalue weighted by Gasteiger charge is 2.25. The first-order chi connectivity index (χ1) is 13.5. The quantitative estimate of drug-likeness (QED) is 0.581. The predicted molar refractivity (Wildman–Crippen MR) is 108 cm³/mol. The van der Waals surface area contributed by atoms with Crippen LogP contribution in [0.4, 0.5) is 0 Å². The number of aliphatic imine (C=N–C) groups is 1. The minimum absolute atomic E-state index is 0.0101. The molecule has 1 aromatic heterocycles. The second-order valence-electron chi connectivity index (χ2n) is 7.08. The molecule has 0 saturated carbocycles. The fraction of sp³-hybridized carbons (Fsp3) is 0.500. The number of aromatic nitrogens is 2. The van der Waals surface area contributed by atoms with E-state index < -0.39 is 0 Å². The van der Waals surface area contributed by atoms with Gasteiger partial charge in [0.15, 0.2) is 17.5 Å². The Morgan fingerprint density at radius 2 is 2.00 bits per heavy atom. The monoisotopic (exact) mass is 387 g/mol. The third-order valence-corrected chi connectivity index (χ3v) is 5.07. The Labute approximate surface area is 165 Å². The minimum Gasteiger partial charge on any atom is -0.502 e. The van der Waals surface area contributed by atoms with Gasteiger partial charge < -0.3 is 24.8 Å². The lowest BCUT2D eigenvalue weighted by atomic mass is 10.0. The van der Waals surface area contributed by atoms with E-state index in [9.17, 15) is 5.11 Å². The minimum atomic E-state index is 0.0101. The highest BCUT2D eigenvalue weighted by molar-refractivity contribution is 5.80. The molecular weight excluding hydrogens is 358 g/mol. The Morgan fingerprint density at radius 1 is 1.29 bits per heavy atom. The van der Waals surface area contributed by atoms with Gasteiger partial charge in [0.1, 0.15) is 0 Å². The van der Waals surface area contributed by atoms with Crippen molar-refractivity contribution >= 4 is 5.96 Å². The fourth-order valence-electron chi connectivity index (χ4n) is 3.67. The van der Waals surface area contributed by atoms with E-state index in [0.29, 0.717) is 24.0 Å². The summed E-state index contributed by atoms with van der Waals surface area (Å²) in [5.41, 5.74) is 2.22. The number of guanidine groups is 1. The Hall–Kier alpha value is -2.90. The van der Waals surface area contributed by atoms with Crippen LogP contribution < -0.4 is 14.8 Å². The third-order valence-electron chi connectivity index (χ3n) is 5.07. The number of likely N-dealkylation sites (tertiary alicyclic amines) is 1. The zero-order valence-corrected chi connectivity index (χ0v) is 17.0. The van der Waals surface area contributed by atoms with Crippen molar-refractivity contribution in [3.05, 3.63) is 35.7 Å². The SMILES string of the molecule is CN=C(NCc1cc(OC)c(O)c(OC)c1)N1CCC(Cc2cnn(C)c2)C1. The summed E-state index contributed by atoms with van der Waals surface area (Å²) in [6, 6.07) is 3.60. The number of hydrogen-bond acceptors (Lipinski definition) is 5. The van der Waals surface area contributed by atoms with Crippen LogP contribution in [0.3, 0.4) is 0 Å². The molecule has 1 unspecified atom stereocenters. The molecule has 0 spiro atoms. The average Bonchev–Trinajstić information content (AvgIpc) is 3.32. The lowest BCUT2D eigenvalue weighted by Crippen LogP contribution is -2.39. The van der Waals surface area contributed by atoms with Crippen molar-refractivity contribution in [3.8, 4) is 17.2 Å². The van der Waals surface area contributed by atoms with Crippen LogP contribution in [0.25, 0.3) is 0 Å². The summed E-state index contributed by atoms with van der Waals surface area (Å²) in [7, 11) is 6.80. The zero-order chi connectivity index (χ0) is 20.1. The number of nitrogens with one attached hydrogen (secondary N) is 1. The number of benzene rings is 1. The smallest absolute Gasteiger partial charge is 0.200 e. The van der Waals surface area contributed by atoms with Crippen molar-refractivity contribution < 1.29 is 14.6 Å².